The molecule has 1 aliphatic carbocycles. The van der Waals surface area contributed by atoms with Gasteiger partial charge in [0.05, 0.1) is 0 Å². The first-order valence-electron chi connectivity index (χ1n) is 5.86. The fourth-order valence-electron chi connectivity index (χ4n) is 2.71. The van der Waals surface area contributed by atoms with Crippen LogP contribution in [-0.2, 0) is 0 Å². The van der Waals surface area contributed by atoms with E-state index in [-0.39, 0.29) is 0 Å². The third-order valence-electron chi connectivity index (χ3n) is 3.58. The van der Waals surface area contributed by atoms with Crippen molar-refractivity contribution >= 4 is 11.6 Å². The van der Waals surface area contributed by atoms with Crippen LogP contribution in [0.2, 0.25) is 0 Å². The molecule has 2 heteroatoms. The van der Waals surface area contributed by atoms with Crippen LogP contribution < -0.4 is 0 Å². The molecule has 14 heavy (non-hydrogen) atoms. The molecular formula is C12H20ClN. The lowest BCUT2D eigenvalue weighted by Gasteiger charge is -2.20. The van der Waals surface area contributed by atoms with Crippen LogP contribution in [0.1, 0.15) is 32.6 Å². The number of halogens is 1. The molecule has 1 saturated heterocycles. The van der Waals surface area contributed by atoms with Gasteiger partial charge in [0.15, 0.2) is 0 Å². The Bertz CT molecular complexity index is 224. The Kier molecular flexibility index (Phi) is 3.51. The molecule has 1 fully saturated rings. The summed E-state index contributed by atoms with van der Waals surface area (Å²) in [5.74, 6) is 1.75. The maximum absolute atomic E-state index is 6.08. The lowest BCUT2D eigenvalue weighted by molar-refractivity contribution is 0.316. The highest BCUT2D eigenvalue weighted by Gasteiger charge is 2.33. The van der Waals surface area contributed by atoms with Crippen LogP contribution in [0.3, 0.4) is 0 Å². The number of rotatable bonds is 3. The van der Waals surface area contributed by atoms with E-state index in [4.69, 9.17) is 11.6 Å². The summed E-state index contributed by atoms with van der Waals surface area (Å²) in [5, 5.41) is 1.10. The van der Waals surface area contributed by atoms with Gasteiger partial charge in [-0.2, -0.15) is 0 Å². The molecule has 0 radical (unpaired) electrons. The second kappa shape index (κ2) is 4.67. The topological polar surface area (TPSA) is 3.24 Å². The van der Waals surface area contributed by atoms with Crippen molar-refractivity contribution in [1.29, 1.82) is 0 Å². The molecule has 2 atom stereocenters. The molecule has 0 amide bonds. The zero-order valence-corrected chi connectivity index (χ0v) is 9.76. The summed E-state index contributed by atoms with van der Waals surface area (Å²) in [5.41, 5.74) is 0. The number of nitrogens with zero attached hydrogens (tertiary/aromatic N) is 1. The Morgan fingerprint density at radius 3 is 3.00 bits per heavy atom. The second-order valence-corrected chi connectivity index (χ2v) is 5.21. The van der Waals surface area contributed by atoms with Crippen LogP contribution in [0.4, 0.5) is 0 Å². The van der Waals surface area contributed by atoms with Crippen molar-refractivity contribution in [3.05, 3.63) is 11.1 Å². The van der Waals surface area contributed by atoms with Crippen LogP contribution >= 0.6 is 11.6 Å². The molecule has 0 aromatic rings. The van der Waals surface area contributed by atoms with Gasteiger partial charge in [0, 0.05) is 18.1 Å². The summed E-state index contributed by atoms with van der Waals surface area (Å²) in [7, 11) is 0. The minimum Gasteiger partial charge on any atom is -0.303 e. The Hall–Kier alpha value is -0.0100. The number of unbranched alkanes of at least 4 members (excludes halogenated alkanes) is 1. The molecule has 1 aliphatic heterocycles. The van der Waals surface area contributed by atoms with Crippen molar-refractivity contribution in [2.24, 2.45) is 11.8 Å². The highest BCUT2D eigenvalue weighted by molar-refractivity contribution is 6.29. The van der Waals surface area contributed by atoms with Gasteiger partial charge in [-0.25, -0.2) is 0 Å². The van der Waals surface area contributed by atoms with Gasteiger partial charge >= 0.3 is 0 Å². The summed E-state index contributed by atoms with van der Waals surface area (Å²) in [6, 6.07) is 0. The van der Waals surface area contributed by atoms with Gasteiger partial charge in [-0.05, 0) is 37.6 Å². The monoisotopic (exact) mass is 213 g/mol. The average Bonchev–Trinajstić information content (AvgIpc) is 2.56. The highest BCUT2D eigenvalue weighted by atomic mass is 35.5. The van der Waals surface area contributed by atoms with Crippen LogP contribution in [0.5, 0.6) is 0 Å². The molecule has 80 valence electrons. The average molecular weight is 214 g/mol. The van der Waals surface area contributed by atoms with Crippen LogP contribution in [-0.4, -0.2) is 24.5 Å². The fraction of sp³-hybridized carbons (Fsp3) is 0.833. The summed E-state index contributed by atoms with van der Waals surface area (Å²) in [6.45, 7) is 6.16. The van der Waals surface area contributed by atoms with Gasteiger partial charge in [-0.15, -0.1) is 0 Å². The Balaban J connectivity index is 1.84. The lowest BCUT2D eigenvalue weighted by atomic mass is 9.86. The third-order valence-corrected chi connectivity index (χ3v) is 3.89. The van der Waals surface area contributed by atoms with Gasteiger partial charge in [-0.1, -0.05) is 31.0 Å². The Morgan fingerprint density at radius 1 is 1.43 bits per heavy atom. The van der Waals surface area contributed by atoms with E-state index in [1.54, 1.807) is 0 Å². The van der Waals surface area contributed by atoms with Crippen molar-refractivity contribution in [2.75, 3.05) is 19.6 Å². The third kappa shape index (κ3) is 2.32. The number of allylic oxidation sites excluding steroid dienone is 2. The zero-order chi connectivity index (χ0) is 9.97. The normalized spacial score (nSPS) is 32.9. The molecule has 1 heterocycles. The molecule has 0 aromatic carbocycles. The van der Waals surface area contributed by atoms with E-state index in [2.05, 4.69) is 17.9 Å². The number of hydrogen-bond donors (Lipinski definition) is 0. The lowest BCUT2D eigenvalue weighted by Crippen LogP contribution is -2.21. The van der Waals surface area contributed by atoms with Crippen molar-refractivity contribution in [1.82, 2.24) is 4.90 Å². The van der Waals surface area contributed by atoms with Crippen LogP contribution in [0.15, 0.2) is 11.1 Å². The van der Waals surface area contributed by atoms with Crippen LogP contribution in [0.25, 0.3) is 0 Å². The predicted molar refractivity (Wildman–Crippen MR) is 61.5 cm³/mol. The fourth-order valence-corrected chi connectivity index (χ4v) is 3.00. The molecule has 0 N–H and O–H groups in total. The summed E-state index contributed by atoms with van der Waals surface area (Å²) in [6.07, 6.45) is 7.23. The van der Waals surface area contributed by atoms with E-state index in [1.807, 2.05) is 0 Å². The van der Waals surface area contributed by atoms with Gasteiger partial charge < -0.3 is 4.90 Å². The van der Waals surface area contributed by atoms with Gasteiger partial charge in [-0.3, -0.25) is 0 Å². The van der Waals surface area contributed by atoms with E-state index >= 15 is 0 Å². The SMILES string of the molecule is CCCCN1C[C@H]2CC=C(Cl)C[C@H]2C1. The van der Waals surface area contributed by atoms with Crippen molar-refractivity contribution in [3.63, 3.8) is 0 Å². The first-order valence-corrected chi connectivity index (χ1v) is 6.24. The zero-order valence-electron chi connectivity index (χ0n) is 9.01. The van der Waals surface area contributed by atoms with Crippen LogP contribution in [0, 0.1) is 11.8 Å². The molecule has 0 spiro atoms. The first kappa shape index (κ1) is 10.5. The van der Waals surface area contributed by atoms with Crippen molar-refractivity contribution in [3.8, 4) is 0 Å². The second-order valence-electron chi connectivity index (χ2n) is 4.72. The highest BCUT2D eigenvalue weighted by Crippen LogP contribution is 2.36. The summed E-state index contributed by atoms with van der Waals surface area (Å²) < 4.78 is 0. The number of fused-ring (bicyclic) bond motifs is 1. The molecule has 0 unspecified atom stereocenters. The maximum atomic E-state index is 6.08. The van der Waals surface area contributed by atoms with E-state index in [0.29, 0.717) is 0 Å². The molecule has 0 aromatic heterocycles. The van der Waals surface area contributed by atoms with Gasteiger partial charge in [0.2, 0.25) is 0 Å². The first-order chi connectivity index (χ1) is 6.79. The van der Waals surface area contributed by atoms with E-state index < -0.39 is 0 Å². The van der Waals surface area contributed by atoms with Gasteiger partial charge in [0.1, 0.15) is 0 Å². The Morgan fingerprint density at radius 2 is 2.21 bits per heavy atom. The summed E-state index contributed by atoms with van der Waals surface area (Å²) in [4.78, 5) is 2.63. The van der Waals surface area contributed by atoms with Crippen molar-refractivity contribution < 1.29 is 0 Å². The molecule has 0 saturated carbocycles. The number of hydrogen-bond acceptors (Lipinski definition) is 1. The molecule has 1 nitrogen and oxygen atoms in total. The van der Waals surface area contributed by atoms with E-state index in [1.165, 1.54) is 38.9 Å². The standard InChI is InChI=1S/C12H20ClN/c1-2-3-6-14-8-10-4-5-12(13)7-11(10)9-14/h5,10-11H,2-4,6-9H2,1H3/t10-,11+/m1/s1. The Labute approximate surface area is 92.1 Å². The van der Waals surface area contributed by atoms with Gasteiger partial charge in [0.25, 0.3) is 0 Å². The number of likely N-dealkylation sites (tertiary alicyclic amines) is 1. The molecular weight excluding hydrogens is 194 g/mol. The minimum atomic E-state index is 0.851. The molecule has 2 aliphatic rings. The molecule has 2 rings (SSSR count). The predicted octanol–water partition coefficient (Wildman–Crippen LogP) is 3.25. The van der Waals surface area contributed by atoms with Crippen molar-refractivity contribution in [2.45, 2.75) is 32.6 Å². The maximum Gasteiger partial charge on any atom is 0.0144 e. The minimum absolute atomic E-state index is 0.851. The van der Waals surface area contributed by atoms with E-state index in [9.17, 15) is 0 Å². The summed E-state index contributed by atoms with van der Waals surface area (Å²) >= 11 is 6.08. The molecule has 0 bridgehead atoms. The quantitative estimate of drug-likeness (QED) is 0.696. The van der Waals surface area contributed by atoms with E-state index in [0.717, 1.165) is 23.3 Å². The smallest absolute Gasteiger partial charge is 0.0144 e. The largest absolute Gasteiger partial charge is 0.303 e.